The molecule has 0 aliphatic carbocycles. The first-order chi connectivity index (χ1) is 12.3. The van der Waals surface area contributed by atoms with Crippen molar-refractivity contribution in [2.75, 3.05) is 33.4 Å². The van der Waals surface area contributed by atoms with Gasteiger partial charge in [-0.1, -0.05) is 12.1 Å². The highest BCUT2D eigenvalue weighted by Crippen LogP contribution is 2.14. The van der Waals surface area contributed by atoms with Gasteiger partial charge in [-0.3, -0.25) is 4.79 Å². The fourth-order valence-corrected chi connectivity index (χ4v) is 2.12. The van der Waals surface area contributed by atoms with Gasteiger partial charge in [-0.2, -0.15) is 0 Å². The lowest BCUT2D eigenvalue weighted by Gasteiger charge is -2.21. The molecule has 0 saturated carbocycles. The Morgan fingerprint density at radius 3 is 2.62 bits per heavy atom. The molecule has 7 heteroatoms. The van der Waals surface area contributed by atoms with Crippen LogP contribution < -0.4 is 20.7 Å². The van der Waals surface area contributed by atoms with E-state index in [0.717, 1.165) is 11.3 Å². The van der Waals surface area contributed by atoms with Gasteiger partial charge in [0, 0.05) is 19.2 Å². The number of hydrogen-bond donors (Lipinski definition) is 3. The van der Waals surface area contributed by atoms with Crippen molar-refractivity contribution >= 4 is 11.9 Å². The number of rotatable bonds is 9. The first-order valence-corrected chi connectivity index (χ1v) is 8.88. The predicted octanol–water partition coefficient (Wildman–Crippen LogP) is 1.68. The average Bonchev–Trinajstić information content (AvgIpc) is 2.56. The second-order valence-corrected chi connectivity index (χ2v) is 6.84. The van der Waals surface area contributed by atoms with E-state index in [9.17, 15) is 4.79 Å². The molecule has 7 nitrogen and oxygen atoms in total. The van der Waals surface area contributed by atoms with Gasteiger partial charge >= 0.3 is 0 Å². The Balaban J connectivity index is 2.60. The number of carbonyl (C=O) groups excluding carboxylic acids is 1. The van der Waals surface area contributed by atoms with Gasteiger partial charge in [0.05, 0.1) is 19.7 Å². The number of amides is 1. The number of methoxy groups -OCH3 is 1. The van der Waals surface area contributed by atoms with E-state index in [1.54, 1.807) is 7.11 Å². The van der Waals surface area contributed by atoms with Crippen molar-refractivity contribution in [3.05, 3.63) is 29.8 Å². The Kier molecular flexibility index (Phi) is 9.51. The third-order valence-corrected chi connectivity index (χ3v) is 3.15. The van der Waals surface area contributed by atoms with E-state index in [0.29, 0.717) is 32.3 Å². The number of ether oxygens (including phenoxy) is 2. The third kappa shape index (κ3) is 9.88. The maximum absolute atomic E-state index is 11.9. The highest BCUT2D eigenvalue weighted by molar-refractivity contribution is 5.86. The molecule has 0 saturated heterocycles. The van der Waals surface area contributed by atoms with Crippen LogP contribution in [0.25, 0.3) is 0 Å². The molecule has 146 valence electrons. The Bertz CT molecular complexity index is 582. The summed E-state index contributed by atoms with van der Waals surface area (Å²) in [6, 6.07) is 7.78. The van der Waals surface area contributed by atoms with Crippen molar-refractivity contribution in [3.8, 4) is 5.75 Å². The third-order valence-electron chi connectivity index (χ3n) is 3.15. The minimum absolute atomic E-state index is 0.0726. The van der Waals surface area contributed by atoms with Gasteiger partial charge in [0.25, 0.3) is 0 Å². The fourth-order valence-electron chi connectivity index (χ4n) is 2.12. The van der Waals surface area contributed by atoms with Crippen molar-refractivity contribution in [2.24, 2.45) is 4.99 Å². The van der Waals surface area contributed by atoms with Crippen LogP contribution in [0.3, 0.4) is 0 Å². The van der Waals surface area contributed by atoms with Crippen molar-refractivity contribution in [1.29, 1.82) is 0 Å². The van der Waals surface area contributed by atoms with Crippen LogP contribution in [0.1, 0.15) is 33.3 Å². The lowest BCUT2D eigenvalue weighted by Crippen LogP contribution is -2.48. The molecule has 1 aromatic carbocycles. The molecular weight excluding hydrogens is 332 g/mol. The predicted molar refractivity (Wildman–Crippen MR) is 105 cm³/mol. The summed E-state index contributed by atoms with van der Waals surface area (Å²) in [5, 5.41) is 9.10. The van der Waals surface area contributed by atoms with E-state index < -0.39 is 0 Å². The molecule has 0 unspecified atom stereocenters. The molecular formula is C19H32N4O3. The van der Waals surface area contributed by atoms with Gasteiger partial charge in [-0.15, -0.1) is 0 Å². The highest BCUT2D eigenvalue weighted by Gasteiger charge is 2.13. The molecule has 0 bridgehead atoms. The standard InChI is InChI=1S/C19H32N4O3/c1-6-20-18(22-14-17(24)23-19(2,3)4)21-13-15-8-7-9-16(12-15)26-11-10-25-5/h7-9,12H,6,10-11,13-14H2,1-5H3,(H,23,24)(H2,20,21,22). The van der Waals surface area contributed by atoms with E-state index in [1.165, 1.54) is 0 Å². The molecule has 0 aromatic heterocycles. The molecule has 0 aliphatic heterocycles. The maximum atomic E-state index is 11.9. The first-order valence-electron chi connectivity index (χ1n) is 8.88. The van der Waals surface area contributed by atoms with Gasteiger partial charge < -0.3 is 25.4 Å². The van der Waals surface area contributed by atoms with Crippen LogP contribution in [0.2, 0.25) is 0 Å². The van der Waals surface area contributed by atoms with Gasteiger partial charge in [0.15, 0.2) is 5.96 Å². The Morgan fingerprint density at radius 1 is 1.19 bits per heavy atom. The number of benzene rings is 1. The molecule has 1 aromatic rings. The Morgan fingerprint density at radius 2 is 1.96 bits per heavy atom. The summed E-state index contributed by atoms with van der Waals surface area (Å²) in [7, 11) is 1.64. The molecule has 0 atom stereocenters. The van der Waals surface area contributed by atoms with Crippen LogP contribution in [-0.2, 0) is 16.1 Å². The minimum atomic E-state index is -0.252. The largest absolute Gasteiger partial charge is 0.491 e. The molecule has 0 radical (unpaired) electrons. The highest BCUT2D eigenvalue weighted by atomic mass is 16.5. The second-order valence-electron chi connectivity index (χ2n) is 6.84. The zero-order valence-corrected chi connectivity index (χ0v) is 16.5. The van der Waals surface area contributed by atoms with E-state index in [2.05, 4.69) is 20.9 Å². The lowest BCUT2D eigenvalue weighted by atomic mass is 10.1. The molecule has 26 heavy (non-hydrogen) atoms. The number of hydrogen-bond acceptors (Lipinski definition) is 4. The van der Waals surface area contributed by atoms with Crippen molar-refractivity contribution in [2.45, 2.75) is 39.8 Å². The zero-order chi connectivity index (χ0) is 19.4. The zero-order valence-electron chi connectivity index (χ0n) is 16.5. The quantitative estimate of drug-likeness (QED) is 0.353. The maximum Gasteiger partial charge on any atom is 0.239 e. The molecule has 3 N–H and O–H groups in total. The monoisotopic (exact) mass is 364 g/mol. The number of guanidine groups is 1. The average molecular weight is 364 g/mol. The van der Waals surface area contributed by atoms with E-state index in [4.69, 9.17) is 9.47 Å². The van der Waals surface area contributed by atoms with Gasteiger partial charge in [-0.25, -0.2) is 4.99 Å². The molecule has 0 spiro atoms. The lowest BCUT2D eigenvalue weighted by molar-refractivity contribution is -0.121. The summed E-state index contributed by atoms with van der Waals surface area (Å²) in [5.74, 6) is 1.32. The Labute approximate surface area is 156 Å². The summed E-state index contributed by atoms with van der Waals surface area (Å²) in [4.78, 5) is 16.5. The number of nitrogens with zero attached hydrogens (tertiary/aromatic N) is 1. The number of nitrogens with one attached hydrogen (secondary N) is 3. The topological polar surface area (TPSA) is 84.0 Å². The van der Waals surface area contributed by atoms with Crippen molar-refractivity contribution in [1.82, 2.24) is 16.0 Å². The van der Waals surface area contributed by atoms with Gasteiger partial charge in [0.2, 0.25) is 5.91 Å². The molecule has 0 aliphatic rings. The van der Waals surface area contributed by atoms with Crippen LogP contribution >= 0.6 is 0 Å². The minimum Gasteiger partial charge on any atom is -0.491 e. The van der Waals surface area contributed by atoms with Crippen LogP contribution in [0.5, 0.6) is 5.75 Å². The van der Waals surface area contributed by atoms with Crippen molar-refractivity contribution < 1.29 is 14.3 Å². The normalized spacial score (nSPS) is 11.8. The van der Waals surface area contributed by atoms with Crippen LogP contribution in [0.4, 0.5) is 0 Å². The number of carbonyl (C=O) groups is 1. The summed E-state index contributed by atoms with van der Waals surface area (Å²) < 4.78 is 10.6. The second kappa shape index (κ2) is 11.4. The summed E-state index contributed by atoms with van der Waals surface area (Å²) >= 11 is 0. The molecule has 1 rings (SSSR count). The molecule has 0 heterocycles. The van der Waals surface area contributed by atoms with Crippen LogP contribution in [0.15, 0.2) is 29.3 Å². The van der Waals surface area contributed by atoms with Gasteiger partial charge in [-0.05, 0) is 45.4 Å². The van der Waals surface area contributed by atoms with E-state index in [-0.39, 0.29) is 18.0 Å². The summed E-state index contributed by atoms with van der Waals surface area (Å²) in [6.45, 7) is 10.3. The van der Waals surface area contributed by atoms with Crippen molar-refractivity contribution in [3.63, 3.8) is 0 Å². The smallest absolute Gasteiger partial charge is 0.239 e. The van der Waals surface area contributed by atoms with Gasteiger partial charge in [0.1, 0.15) is 12.4 Å². The summed E-state index contributed by atoms with van der Waals surface area (Å²) in [6.07, 6.45) is 0. The van der Waals surface area contributed by atoms with E-state index >= 15 is 0 Å². The fraction of sp³-hybridized carbons (Fsp3) is 0.579. The SMILES string of the molecule is CCNC(=NCc1cccc(OCCOC)c1)NCC(=O)NC(C)(C)C. The Hall–Kier alpha value is -2.28. The molecule has 0 fully saturated rings. The number of aliphatic imine (C=N–C) groups is 1. The summed E-state index contributed by atoms with van der Waals surface area (Å²) in [5.41, 5.74) is 0.772. The van der Waals surface area contributed by atoms with Crippen LogP contribution in [0, 0.1) is 0 Å². The van der Waals surface area contributed by atoms with E-state index in [1.807, 2.05) is 52.0 Å². The van der Waals surface area contributed by atoms with Crippen LogP contribution in [-0.4, -0.2) is 50.8 Å². The molecule has 1 amide bonds. The first kappa shape index (κ1) is 21.8.